The number of ether oxygens (including phenoxy) is 1. The fourth-order valence-corrected chi connectivity index (χ4v) is 0.974. The second-order valence-corrected chi connectivity index (χ2v) is 2.91. The molecule has 1 heterocycles. The van der Waals surface area contributed by atoms with Crippen LogP contribution in [0.5, 0.6) is 5.88 Å². The molecule has 0 aromatic carbocycles. The predicted octanol–water partition coefficient (Wildman–Crippen LogP) is 2.44. The van der Waals surface area contributed by atoms with Crippen LogP contribution in [-0.4, -0.2) is 11.0 Å². The summed E-state index contributed by atoms with van der Waals surface area (Å²) in [4.78, 5) is 14.8. The summed E-state index contributed by atoms with van der Waals surface area (Å²) in [6, 6.07) is 4.90. The van der Waals surface area contributed by atoms with Crippen LogP contribution in [0.4, 0.5) is 0 Å². The number of aromatic nitrogens is 1. The number of hydrogen-bond acceptors (Lipinski definition) is 3. The first kappa shape index (κ1) is 9.99. The zero-order valence-corrected chi connectivity index (χ0v) is 8.04. The molecule has 0 saturated carbocycles. The number of esters is 1. The zero-order chi connectivity index (χ0) is 9.68. The third-order valence-electron chi connectivity index (χ3n) is 1.36. The van der Waals surface area contributed by atoms with E-state index in [-0.39, 0.29) is 11.8 Å². The summed E-state index contributed by atoms with van der Waals surface area (Å²) < 4.78 is 4.90. The second kappa shape index (κ2) is 4.82. The molecule has 0 atom stereocenters. The Labute approximate surface area is 81.7 Å². The molecular formula is C9H10ClNO2. The SMILES string of the molecule is CCCC(=O)Oc1cccc(Cl)n1. The van der Waals surface area contributed by atoms with Gasteiger partial charge in [-0.05, 0) is 12.5 Å². The molecule has 0 radical (unpaired) electrons. The average Bonchev–Trinajstić information content (AvgIpc) is 2.04. The molecule has 0 aliphatic heterocycles. The summed E-state index contributed by atoms with van der Waals surface area (Å²) in [5, 5.41) is 0.321. The summed E-state index contributed by atoms with van der Waals surface area (Å²) in [5.74, 6) is -0.0248. The molecule has 3 nitrogen and oxygen atoms in total. The molecule has 4 heteroatoms. The van der Waals surface area contributed by atoms with E-state index >= 15 is 0 Å². The molecule has 0 bridgehead atoms. The van der Waals surface area contributed by atoms with Crippen LogP contribution in [0.1, 0.15) is 19.8 Å². The normalized spacial score (nSPS) is 9.69. The Morgan fingerprint density at radius 3 is 3.00 bits per heavy atom. The topological polar surface area (TPSA) is 39.2 Å². The van der Waals surface area contributed by atoms with Gasteiger partial charge in [-0.1, -0.05) is 24.6 Å². The molecular weight excluding hydrogens is 190 g/mol. The van der Waals surface area contributed by atoms with Gasteiger partial charge in [0.15, 0.2) is 0 Å². The van der Waals surface area contributed by atoms with Crippen molar-refractivity contribution < 1.29 is 9.53 Å². The minimum Gasteiger partial charge on any atom is -0.407 e. The number of carbonyl (C=O) groups excluding carboxylic acids is 1. The maximum Gasteiger partial charge on any atom is 0.312 e. The number of pyridine rings is 1. The summed E-state index contributed by atoms with van der Waals surface area (Å²) in [6.45, 7) is 1.91. The van der Waals surface area contributed by atoms with Gasteiger partial charge in [-0.2, -0.15) is 0 Å². The predicted molar refractivity (Wildman–Crippen MR) is 49.8 cm³/mol. The lowest BCUT2D eigenvalue weighted by atomic mass is 10.3. The first-order valence-corrected chi connectivity index (χ1v) is 4.43. The van der Waals surface area contributed by atoms with E-state index < -0.39 is 0 Å². The fraction of sp³-hybridized carbons (Fsp3) is 0.333. The van der Waals surface area contributed by atoms with Gasteiger partial charge >= 0.3 is 5.97 Å². The van der Waals surface area contributed by atoms with E-state index in [0.29, 0.717) is 11.6 Å². The highest BCUT2D eigenvalue weighted by Crippen LogP contribution is 2.11. The summed E-state index contributed by atoms with van der Waals surface area (Å²) in [6.07, 6.45) is 1.16. The van der Waals surface area contributed by atoms with Gasteiger partial charge in [0.25, 0.3) is 0 Å². The van der Waals surface area contributed by atoms with Crippen LogP contribution in [0.15, 0.2) is 18.2 Å². The Hall–Kier alpha value is -1.09. The van der Waals surface area contributed by atoms with Crippen LogP contribution in [0, 0.1) is 0 Å². The van der Waals surface area contributed by atoms with Crippen LogP contribution in [-0.2, 0) is 4.79 Å². The highest BCUT2D eigenvalue weighted by molar-refractivity contribution is 6.29. The van der Waals surface area contributed by atoms with Crippen molar-refractivity contribution in [2.24, 2.45) is 0 Å². The Morgan fingerprint density at radius 2 is 2.38 bits per heavy atom. The standard InChI is InChI=1S/C9H10ClNO2/c1-2-4-9(12)13-8-6-3-5-7(10)11-8/h3,5-6H,2,4H2,1H3. The van der Waals surface area contributed by atoms with Crippen molar-refractivity contribution in [1.29, 1.82) is 0 Å². The van der Waals surface area contributed by atoms with Crippen LogP contribution < -0.4 is 4.74 Å². The van der Waals surface area contributed by atoms with Gasteiger partial charge in [-0.25, -0.2) is 4.98 Å². The maximum absolute atomic E-state index is 11.0. The molecule has 13 heavy (non-hydrogen) atoms. The average molecular weight is 200 g/mol. The van der Waals surface area contributed by atoms with Gasteiger partial charge in [-0.15, -0.1) is 0 Å². The third-order valence-corrected chi connectivity index (χ3v) is 1.57. The third kappa shape index (κ3) is 3.42. The minimum atomic E-state index is -0.280. The Balaban J connectivity index is 2.58. The number of nitrogens with zero attached hydrogens (tertiary/aromatic N) is 1. The highest BCUT2D eigenvalue weighted by atomic mass is 35.5. The molecule has 0 unspecified atom stereocenters. The molecule has 1 aromatic heterocycles. The molecule has 0 aliphatic rings. The number of hydrogen-bond donors (Lipinski definition) is 0. The van der Waals surface area contributed by atoms with E-state index in [9.17, 15) is 4.79 Å². The highest BCUT2D eigenvalue weighted by Gasteiger charge is 2.03. The van der Waals surface area contributed by atoms with Crippen molar-refractivity contribution in [3.63, 3.8) is 0 Å². The van der Waals surface area contributed by atoms with Gasteiger partial charge < -0.3 is 4.74 Å². The first-order chi connectivity index (χ1) is 6.22. The van der Waals surface area contributed by atoms with E-state index in [1.165, 1.54) is 0 Å². The lowest BCUT2D eigenvalue weighted by Gasteiger charge is -2.01. The van der Waals surface area contributed by atoms with Gasteiger partial charge in [0.2, 0.25) is 5.88 Å². The van der Waals surface area contributed by atoms with Crippen molar-refractivity contribution >= 4 is 17.6 Å². The van der Waals surface area contributed by atoms with Crippen molar-refractivity contribution in [1.82, 2.24) is 4.98 Å². The number of rotatable bonds is 3. The minimum absolute atomic E-state index is 0.256. The van der Waals surface area contributed by atoms with E-state index in [0.717, 1.165) is 6.42 Å². The second-order valence-electron chi connectivity index (χ2n) is 2.52. The number of halogens is 1. The fourth-order valence-electron chi connectivity index (χ4n) is 0.818. The lowest BCUT2D eigenvalue weighted by Crippen LogP contribution is -2.07. The van der Waals surface area contributed by atoms with Gasteiger partial charge in [0, 0.05) is 12.5 Å². The summed E-state index contributed by atoms with van der Waals surface area (Å²) in [7, 11) is 0. The monoisotopic (exact) mass is 199 g/mol. The molecule has 1 aromatic rings. The molecule has 0 amide bonds. The van der Waals surface area contributed by atoms with Gasteiger partial charge in [0.1, 0.15) is 5.15 Å². The van der Waals surface area contributed by atoms with Gasteiger partial charge in [-0.3, -0.25) is 4.79 Å². The number of carbonyl (C=O) groups is 1. The molecule has 70 valence electrons. The maximum atomic E-state index is 11.0. The quantitative estimate of drug-likeness (QED) is 0.555. The molecule has 0 saturated heterocycles. The Bertz CT molecular complexity index is 301. The van der Waals surface area contributed by atoms with E-state index in [4.69, 9.17) is 16.3 Å². The van der Waals surface area contributed by atoms with E-state index in [1.807, 2.05) is 6.92 Å². The Morgan fingerprint density at radius 1 is 1.62 bits per heavy atom. The molecule has 0 fully saturated rings. The molecule has 0 aliphatic carbocycles. The smallest absolute Gasteiger partial charge is 0.312 e. The molecule has 0 N–H and O–H groups in total. The van der Waals surface area contributed by atoms with Gasteiger partial charge in [0.05, 0.1) is 0 Å². The first-order valence-electron chi connectivity index (χ1n) is 4.05. The van der Waals surface area contributed by atoms with Crippen LogP contribution in [0.25, 0.3) is 0 Å². The van der Waals surface area contributed by atoms with Crippen LogP contribution in [0.2, 0.25) is 5.15 Å². The lowest BCUT2D eigenvalue weighted by molar-refractivity contribution is -0.134. The molecule has 1 rings (SSSR count). The zero-order valence-electron chi connectivity index (χ0n) is 7.29. The van der Waals surface area contributed by atoms with E-state index in [2.05, 4.69) is 4.98 Å². The summed E-state index contributed by atoms with van der Waals surface area (Å²) in [5.41, 5.74) is 0. The van der Waals surface area contributed by atoms with Crippen molar-refractivity contribution in [2.45, 2.75) is 19.8 Å². The van der Waals surface area contributed by atoms with Crippen LogP contribution >= 0.6 is 11.6 Å². The molecule has 0 spiro atoms. The van der Waals surface area contributed by atoms with E-state index in [1.54, 1.807) is 18.2 Å². The van der Waals surface area contributed by atoms with Crippen LogP contribution in [0.3, 0.4) is 0 Å². The Kier molecular flexibility index (Phi) is 3.71. The summed E-state index contributed by atoms with van der Waals surface area (Å²) >= 11 is 5.60. The van der Waals surface area contributed by atoms with Crippen molar-refractivity contribution in [2.75, 3.05) is 0 Å². The van der Waals surface area contributed by atoms with Crippen molar-refractivity contribution in [3.05, 3.63) is 23.4 Å². The largest absolute Gasteiger partial charge is 0.407 e. The van der Waals surface area contributed by atoms with Crippen molar-refractivity contribution in [3.8, 4) is 5.88 Å².